The number of hydrogen-bond donors (Lipinski definition) is 0. The third-order valence-corrected chi connectivity index (χ3v) is 19.9. The van der Waals surface area contributed by atoms with Gasteiger partial charge in [-0.05, 0) is 195 Å². The highest BCUT2D eigenvalue weighted by Gasteiger charge is 2.50. The van der Waals surface area contributed by atoms with Gasteiger partial charge < -0.3 is 9.80 Å². The number of hydrogen-bond acceptors (Lipinski definition) is 2. The summed E-state index contributed by atoms with van der Waals surface area (Å²) < 4.78 is 0. The molecule has 2 aliphatic heterocycles. The molecular formula is C75H81BN2. The van der Waals surface area contributed by atoms with Gasteiger partial charge in [0.25, 0.3) is 6.71 Å². The van der Waals surface area contributed by atoms with Crippen LogP contribution in [0.5, 0.6) is 0 Å². The van der Waals surface area contributed by atoms with Crippen molar-refractivity contribution in [3.8, 4) is 33.4 Å². The van der Waals surface area contributed by atoms with Crippen molar-refractivity contribution in [2.75, 3.05) is 9.80 Å². The Kier molecular flexibility index (Phi) is 10.8. The van der Waals surface area contributed by atoms with Crippen LogP contribution in [0.25, 0.3) is 33.4 Å². The Bertz CT molecular complexity index is 3850. The van der Waals surface area contributed by atoms with Crippen molar-refractivity contribution in [1.29, 1.82) is 0 Å². The predicted octanol–water partition coefficient (Wildman–Crippen LogP) is 18.6. The molecule has 0 saturated carbocycles. The van der Waals surface area contributed by atoms with Crippen LogP contribution in [0.3, 0.4) is 0 Å². The van der Waals surface area contributed by atoms with Crippen LogP contribution in [0.15, 0.2) is 146 Å². The molecule has 394 valence electrons. The largest absolute Gasteiger partial charge is 0.311 e. The van der Waals surface area contributed by atoms with Gasteiger partial charge in [-0.2, -0.15) is 0 Å². The molecular weight excluding hydrogens is 940 g/mol. The summed E-state index contributed by atoms with van der Waals surface area (Å²) in [6, 6.07) is 58.2. The number of aryl methyl sites for hydroxylation is 1. The molecule has 0 N–H and O–H groups in total. The van der Waals surface area contributed by atoms with E-state index in [-0.39, 0.29) is 44.6 Å². The molecule has 3 heteroatoms. The topological polar surface area (TPSA) is 6.48 Å². The van der Waals surface area contributed by atoms with Gasteiger partial charge in [0.15, 0.2) is 0 Å². The van der Waals surface area contributed by atoms with Crippen LogP contribution in [-0.4, -0.2) is 6.71 Å². The molecule has 8 aromatic carbocycles. The van der Waals surface area contributed by atoms with Crippen molar-refractivity contribution < 1.29 is 0 Å². The molecule has 0 unspecified atom stereocenters. The van der Waals surface area contributed by atoms with Crippen molar-refractivity contribution in [2.45, 2.75) is 175 Å². The lowest BCUT2D eigenvalue weighted by molar-refractivity contribution is 0.332. The van der Waals surface area contributed by atoms with Gasteiger partial charge in [0.05, 0.1) is 5.69 Å². The zero-order chi connectivity index (χ0) is 55.2. The van der Waals surface area contributed by atoms with E-state index in [0.717, 1.165) is 12.8 Å². The van der Waals surface area contributed by atoms with E-state index in [2.05, 4.69) is 273 Å². The third kappa shape index (κ3) is 7.41. The molecule has 0 atom stereocenters. The fraction of sp³-hybridized carbons (Fsp3) is 0.360. The van der Waals surface area contributed by atoms with E-state index < -0.39 is 0 Å². The second-order valence-corrected chi connectivity index (χ2v) is 29.7. The van der Waals surface area contributed by atoms with E-state index in [1.54, 1.807) is 0 Å². The summed E-state index contributed by atoms with van der Waals surface area (Å²) in [5.74, 6) is 0. The molecule has 0 aromatic heterocycles. The van der Waals surface area contributed by atoms with Crippen molar-refractivity contribution in [3.63, 3.8) is 0 Å². The number of benzene rings is 8. The van der Waals surface area contributed by atoms with Gasteiger partial charge in [-0.15, -0.1) is 0 Å². The summed E-state index contributed by atoms with van der Waals surface area (Å²) in [4.78, 5) is 5.48. The van der Waals surface area contributed by atoms with Crippen LogP contribution in [0.2, 0.25) is 0 Å². The van der Waals surface area contributed by atoms with E-state index in [4.69, 9.17) is 0 Å². The molecule has 2 heterocycles. The molecule has 78 heavy (non-hydrogen) atoms. The smallest absolute Gasteiger partial charge is 0.252 e. The molecule has 13 rings (SSSR count). The molecule has 5 aliphatic rings. The number of fused-ring (bicyclic) bond motifs is 9. The van der Waals surface area contributed by atoms with Gasteiger partial charge >= 0.3 is 0 Å². The van der Waals surface area contributed by atoms with E-state index in [9.17, 15) is 0 Å². The van der Waals surface area contributed by atoms with Gasteiger partial charge in [-0.3, -0.25) is 0 Å². The van der Waals surface area contributed by atoms with Crippen LogP contribution in [0, 0.1) is 6.92 Å². The standard InChI is InChI=1S/C75H81BN2/c1-45-36-55-57(72(10,11)35-34-71(55,8)9)42-62(45)78-63-37-47(50-27-23-29-54-67(50)51-26-21-22-28-53(51)75(54,16)17)30-32-59(63)76-60-41-56-58(74(14,15)44-73(56,12)13)43-64(60)77(65-39-49(70(5,6)7)40-66(78)68(65)76)61-33-31-48(69(2,3)4)38-52(61)46-24-19-18-20-25-46/h18-33,36-43H,34-35,44H2,1-17H3. The van der Waals surface area contributed by atoms with E-state index in [0.29, 0.717) is 0 Å². The Morgan fingerprint density at radius 3 is 1.60 bits per heavy atom. The molecule has 0 amide bonds. The molecule has 0 fully saturated rings. The predicted molar refractivity (Wildman–Crippen MR) is 337 cm³/mol. The first-order chi connectivity index (χ1) is 36.6. The first-order valence-electron chi connectivity index (χ1n) is 29.3. The lowest BCUT2D eigenvalue weighted by Crippen LogP contribution is -2.61. The van der Waals surface area contributed by atoms with E-state index >= 15 is 0 Å². The minimum absolute atomic E-state index is 0.00218. The summed E-state index contributed by atoms with van der Waals surface area (Å²) in [7, 11) is 0. The maximum Gasteiger partial charge on any atom is 0.252 e. The monoisotopic (exact) mass is 1020 g/mol. The lowest BCUT2D eigenvalue weighted by atomic mass is 9.33. The van der Waals surface area contributed by atoms with Gasteiger partial charge in [0.1, 0.15) is 0 Å². The average molecular weight is 1020 g/mol. The van der Waals surface area contributed by atoms with Crippen LogP contribution in [-0.2, 0) is 37.9 Å². The average Bonchev–Trinajstić information content (AvgIpc) is 3.29. The second kappa shape index (κ2) is 16.5. The summed E-state index contributed by atoms with van der Waals surface area (Å²) in [5, 5.41) is 0. The molecule has 3 aliphatic carbocycles. The fourth-order valence-electron chi connectivity index (χ4n) is 15.6. The molecule has 8 aromatic rings. The third-order valence-electron chi connectivity index (χ3n) is 19.9. The van der Waals surface area contributed by atoms with Gasteiger partial charge in [0, 0.05) is 39.4 Å². The highest BCUT2D eigenvalue weighted by Crippen LogP contribution is 2.57. The van der Waals surface area contributed by atoms with Gasteiger partial charge in [-0.25, -0.2) is 0 Å². The lowest BCUT2D eigenvalue weighted by Gasteiger charge is -2.47. The first-order valence-corrected chi connectivity index (χ1v) is 29.3. The maximum absolute atomic E-state index is 2.75. The Hall–Kier alpha value is -6.58. The zero-order valence-electron chi connectivity index (χ0n) is 49.9. The van der Waals surface area contributed by atoms with E-state index in [1.807, 2.05) is 0 Å². The van der Waals surface area contributed by atoms with Crippen LogP contribution in [0.4, 0.5) is 34.1 Å². The van der Waals surface area contributed by atoms with Gasteiger partial charge in [0.2, 0.25) is 0 Å². The van der Waals surface area contributed by atoms with Crippen molar-refractivity contribution in [3.05, 3.63) is 196 Å². The normalized spacial score (nSPS) is 18.3. The molecule has 0 spiro atoms. The minimum atomic E-state index is -0.162. The second-order valence-electron chi connectivity index (χ2n) is 29.7. The van der Waals surface area contributed by atoms with Crippen LogP contribution < -0.4 is 26.2 Å². The fourth-order valence-corrected chi connectivity index (χ4v) is 15.6. The minimum Gasteiger partial charge on any atom is -0.311 e. The van der Waals surface area contributed by atoms with Crippen LogP contribution in [0.1, 0.15) is 180 Å². The molecule has 0 saturated heterocycles. The number of anilines is 6. The highest BCUT2D eigenvalue weighted by molar-refractivity contribution is 7.00. The van der Waals surface area contributed by atoms with Crippen molar-refractivity contribution in [2.24, 2.45) is 0 Å². The summed E-state index contributed by atoms with van der Waals surface area (Å²) >= 11 is 0. The molecule has 2 nitrogen and oxygen atoms in total. The Morgan fingerprint density at radius 1 is 0.385 bits per heavy atom. The van der Waals surface area contributed by atoms with Gasteiger partial charge in [-0.1, -0.05) is 214 Å². The summed E-state index contributed by atoms with van der Waals surface area (Å²) in [5.41, 5.74) is 32.2. The summed E-state index contributed by atoms with van der Waals surface area (Å²) in [6.07, 6.45) is 3.44. The number of rotatable bonds is 4. The Balaban J connectivity index is 1.18. The van der Waals surface area contributed by atoms with Crippen molar-refractivity contribution >= 4 is 57.2 Å². The van der Waals surface area contributed by atoms with Crippen LogP contribution >= 0.6 is 0 Å². The van der Waals surface area contributed by atoms with Crippen molar-refractivity contribution in [1.82, 2.24) is 0 Å². The molecule has 0 bridgehead atoms. The quantitative estimate of drug-likeness (QED) is 0.162. The Morgan fingerprint density at radius 2 is 0.936 bits per heavy atom. The first kappa shape index (κ1) is 50.9. The Labute approximate surface area is 468 Å². The zero-order valence-corrected chi connectivity index (χ0v) is 49.9. The SMILES string of the molecule is Cc1cc2c(cc1N1c3cc(-c4cccc5c4-c4ccccc4C5(C)C)ccc3B3c4cc5c(cc4N(c4ccc(C(C)(C)C)cc4-c4ccccc4)c4cc(C(C)(C)C)cc1c43)C(C)(C)CC5(C)C)C(C)(C)CCC2(C)C. The molecule has 0 radical (unpaired) electrons. The highest BCUT2D eigenvalue weighted by atomic mass is 15.2. The maximum atomic E-state index is 2.75. The number of nitrogens with zero attached hydrogens (tertiary/aromatic N) is 2. The summed E-state index contributed by atoms with van der Waals surface area (Å²) in [6.45, 7) is 41.3. The van der Waals surface area contributed by atoms with E-state index in [1.165, 1.54) is 140 Å².